The number of nitrogens with zero attached hydrogens (tertiary/aromatic N) is 2. The van der Waals surface area contributed by atoms with E-state index in [4.69, 9.17) is 5.73 Å². The van der Waals surface area contributed by atoms with Crippen LogP contribution < -0.4 is 5.73 Å². The van der Waals surface area contributed by atoms with Crippen molar-refractivity contribution in [3.63, 3.8) is 0 Å². The molecule has 1 aliphatic carbocycles. The number of phenols is 1. The molecule has 0 fully saturated rings. The van der Waals surface area contributed by atoms with E-state index in [1.54, 1.807) is 10.7 Å². The highest BCUT2D eigenvalue weighted by Crippen LogP contribution is 2.37. The molecule has 0 spiro atoms. The smallest absolute Gasteiger partial charge is 0.125 e. The second-order valence-electron chi connectivity index (χ2n) is 4.88. The van der Waals surface area contributed by atoms with Gasteiger partial charge in [-0.2, -0.15) is 5.10 Å². The lowest BCUT2D eigenvalue weighted by atomic mass is 9.87. The minimum Gasteiger partial charge on any atom is -0.507 e. The van der Waals surface area contributed by atoms with Gasteiger partial charge in [0.15, 0.2) is 0 Å². The monoisotopic (exact) mass is 243 g/mol. The molecule has 3 N–H and O–H groups in total. The van der Waals surface area contributed by atoms with Crippen molar-refractivity contribution >= 4 is 5.82 Å². The molecule has 2 aromatic rings. The Bertz CT molecular complexity index is 582. The van der Waals surface area contributed by atoms with Crippen LogP contribution in [-0.4, -0.2) is 14.9 Å². The number of hydrogen-bond acceptors (Lipinski definition) is 3. The Morgan fingerprint density at radius 1 is 1.28 bits per heavy atom. The van der Waals surface area contributed by atoms with E-state index in [0.29, 0.717) is 11.6 Å². The summed E-state index contributed by atoms with van der Waals surface area (Å²) in [5.41, 5.74) is 10.0. The highest BCUT2D eigenvalue weighted by molar-refractivity contribution is 5.74. The summed E-state index contributed by atoms with van der Waals surface area (Å²) in [6.07, 6.45) is 4.49. The third kappa shape index (κ3) is 1.65. The van der Waals surface area contributed by atoms with Crippen LogP contribution in [0.3, 0.4) is 0 Å². The number of fused-ring (bicyclic) bond motifs is 1. The average Bonchev–Trinajstić information content (AvgIpc) is 2.69. The van der Waals surface area contributed by atoms with Crippen molar-refractivity contribution in [2.75, 3.05) is 5.73 Å². The van der Waals surface area contributed by atoms with Gasteiger partial charge in [-0.1, -0.05) is 6.07 Å². The van der Waals surface area contributed by atoms with Gasteiger partial charge in [-0.05, 0) is 42.9 Å². The van der Waals surface area contributed by atoms with Crippen LogP contribution in [0.5, 0.6) is 5.75 Å². The van der Waals surface area contributed by atoms with Crippen molar-refractivity contribution in [1.82, 2.24) is 9.78 Å². The van der Waals surface area contributed by atoms with Crippen LogP contribution >= 0.6 is 0 Å². The van der Waals surface area contributed by atoms with Crippen molar-refractivity contribution in [2.24, 2.45) is 7.05 Å². The van der Waals surface area contributed by atoms with E-state index in [2.05, 4.69) is 5.10 Å². The van der Waals surface area contributed by atoms with Gasteiger partial charge >= 0.3 is 0 Å². The average molecular weight is 243 g/mol. The number of aromatic hydroxyl groups is 1. The maximum atomic E-state index is 10.1. The summed E-state index contributed by atoms with van der Waals surface area (Å²) in [7, 11) is 1.81. The highest BCUT2D eigenvalue weighted by atomic mass is 16.3. The lowest BCUT2D eigenvalue weighted by molar-refractivity contribution is 0.475. The second-order valence-corrected chi connectivity index (χ2v) is 4.88. The molecule has 94 valence electrons. The molecule has 0 saturated carbocycles. The first kappa shape index (κ1) is 11.1. The number of nitrogens with two attached hydrogens (primary N) is 1. The van der Waals surface area contributed by atoms with Gasteiger partial charge in [0, 0.05) is 18.7 Å². The predicted octanol–water partition coefficient (Wildman–Crippen LogP) is 2.25. The van der Waals surface area contributed by atoms with Crippen LogP contribution in [-0.2, 0) is 19.9 Å². The van der Waals surface area contributed by atoms with Crippen molar-refractivity contribution in [3.05, 3.63) is 29.3 Å². The molecule has 1 aliphatic rings. The Balaban J connectivity index is 2.21. The molecule has 4 heteroatoms. The fraction of sp³-hybridized carbons (Fsp3) is 0.357. The van der Waals surface area contributed by atoms with Gasteiger partial charge in [0.05, 0.1) is 5.69 Å². The van der Waals surface area contributed by atoms with E-state index in [9.17, 15) is 5.11 Å². The van der Waals surface area contributed by atoms with E-state index in [1.807, 2.05) is 19.2 Å². The Morgan fingerprint density at radius 2 is 2.06 bits per heavy atom. The number of phenolic OH excluding ortho intramolecular Hbond substituents is 1. The molecular weight excluding hydrogens is 226 g/mol. The maximum absolute atomic E-state index is 10.1. The zero-order chi connectivity index (χ0) is 12.7. The molecule has 0 bridgehead atoms. The van der Waals surface area contributed by atoms with Crippen molar-refractivity contribution < 1.29 is 5.11 Å². The molecule has 3 rings (SSSR count). The number of aromatic nitrogens is 2. The van der Waals surface area contributed by atoms with Crippen LogP contribution in [0.25, 0.3) is 11.3 Å². The number of aryl methyl sites for hydroxylation is 2. The summed E-state index contributed by atoms with van der Waals surface area (Å²) < 4.78 is 1.64. The van der Waals surface area contributed by atoms with Crippen molar-refractivity contribution in [1.29, 1.82) is 0 Å². The Labute approximate surface area is 106 Å². The van der Waals surface area contributed by atoms with Crippen LogP contribution in [0, 0.1) is 0 Å². The molecule has 1 aromatic heterocycles. The first-order valence-electron chi connectivity index (χ1n) is 6.30. The molecule has 0 atom stereocenters. The largest absolute Gasteiger partial charge is 0.507 e. The Hall–Kier alpha value is -1.97. The number of rotatable bonds is 1. The van der Waals surface area contributed by atoms with Gasteiger partial charge in [0.1, 0.15) is 11.6 Å². The maximum Gasteiger partial charge on any atom is 0.125 e. The first-order valence-corrected chi connectivity index (χ1v) is 6.30. The van der Waals surface area contributed by atoms with Gasteiger partial charge < -0.3 is 10.8 Å². The number of nitrogen functional groups attached to an aromatic ring is 1. The van der Waals surface area contributed by atoms with E-state index in [-0.39, 0.29) is 0 Å². The van der Waals surface area contributed by atoms with E-state index >= 15 is 0 Å². The minimum absolute atomic E-state index is 0.300. The van der Waals surface area contributed by atoms with Crippen LogP contribution in [0.4, 0.5) is 5.82 Å². The highest BCUT2D eigenvalue weighted by Gasteiger charge is 2.19. The summed E-state index contributed by atoms with van der Waals surface area (Å²) in [6, 6.07) is 5.62. The fourth-order valence-electron chi connectivity index (χ4n) is 2.71. The molecular formula is C14H17N3O. The topological polar surface area (TPSA) is 64.1 Å². The fourth-order valence-corrected chi connectivity index (χ4v) is 2.71. The third-order valence-electron chi connectivity index (χ3n) is 3.68. The summed E-state index contributed by atoms with van der Waals surface area (Å²) in [5.74, 6) is 0.909. The summed E-state index contributed by atoms with van der Waals surface area (Å²) in [5, 5.41) is 14.5. The van der Waals surface area contributed by atoms with Gasteiger partial charge in [-0.15, -0.1) is 0 Å². The summed E-state index contributed by atoms with van der Waals surface area (Å²) in [6.45, 7) is 0. The molecule has 0 radical (unpaired) electrons. The zero-order valence-electron chi connectivity index (χ0n) is 10.5. The molecule has 1 heterocycles. The first-order chi connectivity index (χ1) is 8.66. The molecule has 0 saturated heterocycles. The lowest BCUT2D eigenvalue weighted by Crippen LogP contribution is -2.05. The zero-order valence-corrected chi connectivity index (χ0v) is 10.5. The number of hydrogen-bond donors (Lipinski definition) is 2. The summed E-state index contributed by atoms with van der Waals surface area (Å²) in [4.78, 5) is 0. The van der Waals surface area contributed by atoms with Gasteiger partial charge in [0.2, 0.25) is 0 Å². The lowest BCUT2D eigenvalue weighted by Gasteiger charge is -2.19. The van der Waals surface area contributed by atoms with E-state index < -0.39 is 0 Å². The molecule has 18 heavy (non-hydrogen) atoms. The predicted molar refractivity (Wildman–Crippen MR) is 71.4 cm³/mol. The second kappa shape index (κ2) is 4.05. The van der Waals surface area contributed by atoms with Crippen molar-refractivity contribution in [2.45, 2.75) is 25.7 Å². The van der Waals surface area contributed by atoms with Crippen molar-refractivity contribution in [3.8, 4) is 17.0 Å². The Kier molecular flexibility index (Phi) is 2.51. The molecule has 0 unspecified atom stereocenters. The molecule has 4 nitrogen and oxygen atoms in total. The number of benzene rings is 1. The standard InChI is InChI=1S/C14H17N3O/c1-17-13(15)8-11(16-17)14-10-5-3-2-4-9(10)6-7-12(14)18/h6-8,18H,2-5,15H2,1H3. The van der Waals surface area contributed by atoms with E-state index in [1.165, 1.54) is 24.0 Å². The molecule has 1 aromatic carbocycles. The van der Waals surface area contributed by atoms with Gasteiger partial charge in [-0.3, -0.25) is 4.68 Å². The van der Waals surface area contributed by atoms with Crippen LogP contribution in [0.1, 0.15) is 24.0 Å². The van der Waals surface area contributed by atoms with Gasteiger partial charge in [0.25, 0.3) is 0 Å². The third-order valence-corrected chi connectivity index (χ3v) is 3.68. The minimum atomic E-state index is 0.300. The van der Waals surface area contributed by atoms with E-state index in [0.717, 1.165) is 24.1 Å². The van der Waals surface area contributed by atoms with Gasteiger partial charge in [-0.25, -0.2) is 0 Å². The van der Waals surface area contributed by atoms with Crippen LogP contribution in [0.2, 0.25) is 0 Å². The van der Waals surface area contributed by atoms with Crippen LogP contribution in [0.15, 0.2) is 18.2 Å². The Morgan fingerprint density at radius 3 is 2.78 bits per heavy atom. The molecule has 0 aliphatic heterocycles. The quantitative estimate of drug-likeness (QED) is 0.807. The number of anilines is 1. The molecule has 0 amide bonds. The normalized spacial score (nSPS) is 14.5. The summed E-state index contributed by atoms with van der Waals surface area (Å²) >= 11 is 0. The SMILES string of the molecule is Cn1nc(-c2c(O)ccc3c2CCCC3)cc1N.